The summed E-state index contributed by atoms with van der Waals surface area (Å²) in [5.41, 5.74) is 0. The maximum absolute atomic E-state index is 12.0. The van der Waals surface area contributed by atoms with Gasteiger partial charge in [0, 0.05) is 0 Å². The van der Waals surface area contributed by atoms with Gasteiger partial charge in [0.15, 0.2) is 0 Å². The molecule has 0 aliphatic heterocycles. The summed E-state index contributed by atoms with van der Waals surface area (Å²) in [6.45, 7) is 2.04. The summed E-state index contributed by atoms with van der Waals surface area (Å²) in [7, 11) is 6.58. The standard InChI is InChI=1S/2C11H11O2.2C6H5FO.C2H4.Zr/c2*1-12-10-6-8-4-3-5-9(8)7-11(10)13-2;2*7-5-1-3-6(8)4-2-5;1-2;/h2*3-7H,1-2H3;2*1-4,8H;1H,2H3;/q2*-1;;;;+2. The van der Waals surface area contributed by atoms with Crippen LogP contribution in [0, 0.1) is 11.6 Å². The van der Waals surface area contributed by atoms with Gasteiger partial charge in [0.2, 0.25) is 0 Å². The van der Waals surface area contributed by atoms with Gasteiger partial charge in [-0.05, 0) is 48.5 Å². The molecule has 0 aromatic heterocycles. The number of hydrogen-bond acceptors (Lipinski definition) is 6. The van der Waals surface area contributed by atoms with Gasteiger partial charge in [-0.3, -0.25) is 0 Å². The van der Waals surface area contributed by atoms with Crippen molar-refractivity contribution in [1.29, 1.82) is 0 Å². The van der Waals surface area contributed by atoms with Gasteiger partial charge in [0.05, 0.1) is 28.4 Å². The van der Waals surface area contributed by atoms with Crippen molar-refractivity contribution in [2.24, 2.45) is 0 Å². The van der Waals surface area contributed by atoms with Crippen LogP contribution in [0.5, 0.6) is 34.5 Å². The molecular formula is C36H36F2O6Zr. The summed E-state index contributed by atoms with van der Waals surface area (Å²) in [6.07, 6.45) is 0. The van der Waals surface area contributed by atoms with Crippen molar-refractivity contribution in [2.75, 3.05) is 28.4 Å². The predicted octanol–water partition coefficient (Wildman–Crippen LogP) is 8.57. The number of aromatic hydroxyl groups is 2. The third kappa shape index (κ3) is 12.2. The Balaban J connectivity index is 0.000000208. The second-order valence-electron chi connectivity index (χ2n) is 8.97. The number of fused-ring (bicyclic) bond motifs is 2. The summed E-state index contributed by atoms with van der Waals surface area (Å²) in [4.78, 5) is 0. The maximum atomic E-state index is 12.0. The molecule has 0 atom stereocenters. The van der Waals surface area contributed by atoms with E-state index in [2.05, 4.69) is 28.0 Å². The molecular weight excluding hydrogens is 658 g/mol. The number of ether oxygens (including phenoxy) is 4. The van der Waals surface area contributed by atoms with Gasteiger partial charge in [0.1, 0.15) is 46.1 Å². The van der Waals surface area contributed by atoms with Crippen LogP contribution in [0.4, 0.5) is 8.78 Å². The Morgan fingerprint density at radius 2 is 0.844 bits per heavy atom. The maximum Gasteiger partial charge on any atom is 0.123 e. The number of benzene rings is 4. The second kappa shape index (κ2) is 19.7. The third-order valence-electron chi connectivity index (χ3n) is 5.93. The molecule has 6 rings (SSSR count). The first-order valence-electron chi connectivity index (χ1n) is 13.6. The van der Waals surface area contributed by atoms with Crippen molar-refractivity contribution >= 4 is 25.3 Å². The Bertz CT molecular complexity index is 1470. The van der Waals surface area contributed by atoms with Gasteiger partial charge in [-0.15, -0.1) is 33.7 Å². The van der Waals surface area contributed by atoms with Gasteiger partial charge in [-0.2, -0.15) is 24.3 Å². The van der Waals surface area contributed by atoms with Crippen molar-refractivity contribution in [2.45, 2.75) is 6.92 Å². The molecule has 6 aromatic rings. The van der Waals surface area contributed by atoms with Crippen LogP contribution in [0.2, 0.25) is 0 Å². The molecule has 9 heteroatoms. The number of rotatable bonds is 4. The molecule has 0 aliphatic rings. The quantitative estimate of drug-likeness (QED) is 0.180. The molecule has 234 valence electrons. The van der Waals surface area contributed by atoms with Crippen LogP contribution in [-0.2, 0) is 24.2 Å². The average molecular weight is 694 g/mol. The number of methoxy groups -OCH3 is 4. The van der Waals surface area contributed by atoms with Crippen LogP contribution in [0.3, 0.4) is 0 Å². The van der Waals surface area contributed by atoms with E-state index in [0.717, 1.165) is 23.0 Å². The normalized spacial score (nSPS) is 9.53. The second-order valence-corrected chi connectivity index (χ2v) is 10.4. The first kappa shape index (κ1) is 36.7. The molecule has 0 bridgehead atoms. The number of hydrogen-bond donors (Lipinski definition) is 2. The topological polar surface area (TPSA) is 77.4 Å². The SMILES string of the molecule is COc1cc2cc[cH-]c2cc1OC.COc1cc2cc[cH-]c2cc1OC.C[CH]=[Zr+2].Oc1ccc(F)cc1.Oc1ccc(F)cc1. The van der Waals surface area contributed by atoms with Crippen LogP contribution in [0.15, 0.2) is 109 Å². The van der Waals surface area contributed by atoms with E-state index in [4.69, 9.17) is 29.2 Å². The molecule has 0 fully saturated rings. The van der Waals surface area contributed by atoms with E-state index in [1.54, 1.807) is 28.4 Å². The Kier molecular flexibility index (Phi) is 16.1. The Labute approximate surface area is 277 Å². The van der Waals surface area contributed by atoms with Gasteiger partial charge in [-0.25, -0.2) is 8.78 Å². The zero-order valence-electron chi connectivity index (χ0n) is 25.8. The van der Waals surface area contributed by atoms with E-state index in [1.807, 2.05) is 43.3 Å². The van der Waals surface area contributed by atoms with Crippen LogP contribution < -0.4 is 18.9 Å². The minimum Gasteiger partial charge on any atom is -0.508 e. The van der Waals surface area contributed by atoms with Crippen molar-refractivity contribution in [3.8, 4) is 34.5 Å². The first-order valence-corrected chi connectivity index (χ1v) is 15.0. The van der Waals surface area contributed by atoms with E-state index in [1.165, 1.54) is 94.3 Å². The summed E-state index contributed by atoms with van der Waals surface area (Å²) in [6, 6.07) is 30.2. The molecule has 0 amide bonds. The molecule has 0 heterocycles. The monoisotopic (exact) mass is 692 g/mol. The fourth-order valence-corrected chi connectivity index (χ4v) is 3.79. The van der Waals surface area contributed by atoms with Gasteiger partial charge >= 0.3 is 34.9 Å². The van der Waals surface area contributed by atoms with Crippen molar-refractivity contribution in [1.82, 2.24) is 0 Å². The average Bonchev–Trinajstić information content (AvgIpc) is 3.72. The fourth-order valence-electron chi connectivity index (χ4n) is 3.79. The van der Waals surface area contributed by atoms with Crippen LogP contribution >= 0.6 is 0 Å². The summed E-state index contributed by atoms with van der Waals surface area (Å²) >= 11 is 1.51. The van der Waals surface area contributed by atoms with E-state index in [9.17, 15) is 8.78 Å². The Morgan fingerprint density at radius 3 is 1.11 bits per heavy atom. The predicted molar refractivity (Wildman–Crippen MR) is 173 cm³/mol. The molecule has 0 unspecified atom stereocenters. The number of phenolic OH excluding ortho intramolecular Hbond substituents is 2. The summed E-state index contributed by atoms with van der Waals surface area (Å²) in [5, 5.41) is 21.9. The van der Waals surface area contributed by atoms with E-state index in [0.29, 0.717) is 0 Å². The summed E-state index contributed by atoms with van der Waals surface area (Å²) < 4.78 is 46.8. The van der Waals surface area contributed by atoms with Gasteiger partial charge < -0.3 is 29.2 Å². The van der Waals surface area contributed by atoms with Crippen molar-refractivity contribution in [3.63, 3.8) is 0 Å². The Morgan fingerprint density at radius 1 is 0.556 bits per heavy atom. The first-order chi connectivity index (χ1) is 21.7. The molecule has 0 saturated heterocycles. The molecule has 2 N–H and O–H groups in total. The van der Waals surface area contributed by atoms with Gasteiger partial charge in [0.25, 0.3) is 0 Å². The Hall–Kier alpha value is -4.49. The van der Waals surface area contributed by atoms with Crippen LogP contribution in [0.25, 0.3) is 21.5 Å². The molecule has 0 spiro atoms. The van der Waals surface area contributed by atoms with E-state index < -0.39 is 0 Å². The largest absolute Gasteiger partial charge is 0.508 e. The molecule has 6 nitrogen and oxygen atoms in total. The minimum absolute atomic E-state index is 0.0893. The molecule has 0 aliphatic carbocycles. The van der Waals surface area contributed by atoms with Crippen molar-refractivity contribution < 1.29 is 62.2 Å². The molecule has 45 heavy (non-hydrogen) atoms. The number of halogens is 2. The number of phenols is 2. The van der Waals surface area contributed by atoms with Crippen LogP contribution in [0.1, 0.15) is 6.92 Å². The molecule has 0 saturated carbocycles. The molecule has 0 radical (unpaired) electrons. The fraction of sp³-hybridized carbons (Fsp3) is 0.139. The van der Waals surface area contributed by atoms with E-state index in [-0.39, 0.29) is 23.1 Å². The minimum atomic E-state index is -0.331. The van der Waals surface area contributed by atoms with E-state index >= 15 is 0 Å². The summed E-state index contributed by atoms with van der Waals surface area (Å²) in [5.74, 6) is 2.63. The third-order valence-corrected chi connectivity index (χ3v) is 5.93. The van der Waals surface area contributed by atoms with Gasteiger partial charge in [-0.1, -0.05) is 24.3 Å². The van der Waals surface area contributed by atoms with Crippen molar-refractivity contribution in [3.05, 3.63) is 121 Å². The smallest absolute Gasteiger partial charge is 0.123 e. The zero-order chi connectivity index (χ0) is 33.2. The zero-order valence-corrected chi connectivity index (χ0v) is 28.2. The molecule has 6 aromatic carbocycles. The van der Waals surface area contributed by atoms with Crippen LogP contribution in [-0.4, -0.2) is 42.4 Å².